The molecule has 73 heavy (non-hydrogen) atoms. The van der Waals surface area contributed by atoms with Crippen molar-refractivity contribution in [1.82, 2.24) is 4.90 Å². The van der Waals surface area contributed by atoms with E-state index in [1.165, 1.54) is 0 Å². The zero-order chi connectivity index (χ0) is 53.4. The van der Waals surface area contributed by atoms with Crippen LogP contribution in [-0.2, 0) is 56.9 Å². The number of rotatable bonds is 11. The van der Waals surface area contributed by atoms with Crippen LogP contribution >= 0.6 is 0 Å². The second-order valence-corrected chi connectivity index (χ2v) is 21.2. The molecule has 17 nitrogen and oxygen atoms in total. The van der Waals surface area contributed by atoms with Crippen LogP contribution in [0.2, 0.25) is 0 Å². The van der Waals surface area contributed by atoms with Crippen LogP contribution in [0, 0.1) is 17.8 Å². The summed E-state index contributed by atoms with van der Waals surface area (Å²) >= 11 is 0. The summed E-state index contributed by atoms with van der Waals surface area (Å²) in [7, 11) is 6.95. The maximum atomic E-state index is 15.0. The number of hydrogen-bond acceptors (Lipinski definition) is 17. The topological polar surface area (TPSA) is 189 Å². The molecule has 2 aromatic rings. The summed E-state index contributed by atoms with van der Waals surface area (Å²) in [5.74, 6) is -3.64. The second-order valence-electron chi connectivity index (χ2n) is 21.2. The molecule has 2 unspecified atom stereocenters. The van der Waals surface area contributed by atoms with Crippen molar-refractivity contribution < 1.29 is 71.6 Å². The molecule has 1 N–H and O–H groups in total. The SMILES string of the molecule is CC[C@H]1OC(=O)C(C)C(O[C@H]2C[C@@](C)(OC)[C@@H](OC(=O)c3ccccc3)[C@H](C)O2)[C@H](C)[C@@H](O[C@@H]2O[C@H](C)C[C@H](N(C)C)[C@H]2OC(=O)c2ccccc2)[C@@]2(C)C[C@@H](C)C(OC)=N[C@H](C)[C@@H](OC/C=C\CO2)[C@]1(C)O. The molecule has 0 aliphatic carbocycles. The highest BCUT2D eigenvalue weighted by molar-refractivity contribution is 5.90. The van der Waals surface area contributed by atoms with Gasteiger partial charge in [0.25, 0.3) is 0 Å². The average molecular weight is 1020 g/mol. The van der Waals surface area contributed by atoms with Crippen LogP contribution in [0.3, 0.4) is 0 Å². The highest BCUT2D eigenvalue weighted by Crippen LogP contribution is 2.43. The van der Waals surface area contributed by atoms with E-state index in [9.17, 15) is 14.7 Å². The molecule has 4 heterocycles. The molecule has 0 radical (unpaired) electrons. The molecular weight excluding hydrogens is 941 g/mol. The lowest BCUT2D eigenvalue weighted by Gasteiger charge is -2.50. The third kappa shape index (κ3) is 13.6. The number of aliphatic hydroxyl groups is 1. The fourth-order valence-electron chi connectivity index (χ4n) is 11.2. The fraction of sp³-hybridized carbons (Fsp3) is 0.679. The largest absolute Gasteiger partial charge is 0.484 e. The van der Waals surface area contributed by atoms with Crippen molar-refractivity contribution in [2.45, 2.75) is 185 Å². The molecule has 0 spiro atoms. The van der Waals surface area contributed by atoms with Crippen LogP contribution in [0.1, 0.15) is 116 Å². The van der Waals surface area contributed by atoms with E-state index >= 15 is 4.79 Å². The number of fused-ring (bicyclic) bond motifs is 5. The van der Waals surface area contributed by atoms with Crippen LogP contribution < -0.4 is 0 Å². The van der Waals surface area contributed by atoms with Gasteiger partial charge in [0.2, 0.25) is 0 Å². The lowest BCUT2D eigenvalue weighted by Crippen LogP contribution is -2.62. The number of carbonyl (C=O) groups excluding carboxylic acids is 3. The number of likely N-dealkylation sites (N-methyl/N-ethyl adjacent to an activating group) is 1. The number of esters is 3. The lowest BCUT2D eigenvalue weighted by atomic mass is 9.77. The first-order chi connectivity index (χ1) is 34.6. The molecule has 0 aromatic heterocycles. The van der Waals surface area contributed by atoms with Crippen molar-refractivity contribution in [2.75, 3.05) is 41.5 Å². The summed E-state index contributed by atoms with van der Waals surface area (Å²) in [6.45, 7) is 18.6. The van der Waals surface area contributed by atoms with Gasteiger partial charge in [0.1, 0.15) is 23.4 Å². The van der Waals surface area contributed by atoms with Crippen molar-refractivity contribution in [2.24, 2.45) is 22.7 Å². The predicted molar refractivity (Wildman–Crippen MR) is 272 cm³/mol. The van der Waals surface area contributed by atoms with E-state index in [4.69, 9.17) is 57.1 Å². The van der Waals surface area contributed by atoms with Crippen LogP contribution in [0.15, 0.2) is 77.8 Å². The Hall–Kier alpha value is -4.30. The number of methoxy groups -OCH3 is 2. The molecule has 6 rings (SSSR count). The molecule has 4 aliphatic rings. The summed E-state index contributed by atoms with van der Waals surface area (Å²) in [4.78, 5) is 49.6. The number of aliphatic imine (C=N–C) groups is 1. The number of carbonyl (C=O) groups is 3. The monoisotopic (exact) mass is 1020 g/mol. The molecule has 2 saturated heterocycles. The number of hydrogen-bond donors (Lipinski definition) is 1. The van der Waals surface area contributed by atoms with E-state index in [1.807, 2.05) is 91.7 Å². The summed E-state index contributed by atoms with van der Waals surface area (Å²) in [5.41, 5.74) is -3.40. The highest BCUT2D eigenvalue weighted by atomic mass is 16.7. The van der Waals surface area contributed by atoms with Gasteiger partial charge in [-0.25, -0.2) is 14.6 Å². The first kappa shape index (κ1) is 58.0. The van der Waals surface area contributed by atoms with Crippen molar-refractivity contribution in [1.29, 1.82) is 0 Å². The van der Waals surface area contributed by atoms with Crippen LogP contribution in [-0.4, -0.2) is 166 Å². The molecule has 2 aromatic carbocycles. The van der Waals surface area contributed by atoms with E-state index in [2.05, 4.69) is 0 Å². The van der Waals surface area contributed by atoms with Gasteiger partial charge in [0.05, 0.1) is 79.5 Å². The summed E-state index contributed by atoms with van der Waals surface area (Å²) in [5, 5.41) is 12.5. The van der Waals surface area contributed by atoms with Gasteiger partial charge >= 0.3 is 17.9 Å². The Morgan fingerprint density at radius 1 is 0.808 bits per heavy atom. The minimum atomic E-state index is -1.75. The molecule has 4 aliphatic heterocycles. The average Bonchev–Trinajstić information content (AvgIpc) is 3.37. The van der Waals surface area contributed by atoms with Crippen molar-refractivity contribution in [3.63, 3.8) is 0 Å². The van der Waals surface area contributed by atoms with Crippen molar-refractivity contribution in [3.05, 3.63) is 83.9 Å². The Kier molecular flexibility index (Phi) is 19.9. The molecule has 0 saturated carbocycles. The second kappa shape index (κ2) is 25.0. The van der Waals surface area contributed by atoms with Gasteiger partial charge in [-0.05, 0) is 106 Å². The molecule has 2 fully saturated rings. The fourth-order valence-corrected chi connectivity index (χ4v) is 11.2. The smallest absolute Gasteiger partial charge is 0.338 e. The van der Waals surface area contributed by atoms with E-state index < -0.39 is 114 Å². The minimum Gasteiger partial charge on any atom is -0.484 e. The Labute approximate surface area is 432 Å². The standard InChI is InChI=1S/C56H82N2O15/c1-15-42-56(10,62)47-37(6)57-49(63-13)33(2)31-55(9,66-29-23-22-28-65-47)46(73-53-45(41(58(11)12)30-34(3)67-53)71-51(60)39-24-18-16-19-25-39)35(4)44(36(5)50(59)69-42)70-43-32-54(8,64-14)48(38(7)68-43)72-52(61)40-26-20-17-21-27-40/h16-27,33-38,41-48,53,62H,15,28-32H2,1-14H3/b23-22-,57-49?/t33-,34-,35+,36?,37-,38+,41+,42-,43+,44?,45-,46-,47-,48+,53+,54-,55-,56-/m1/s1. The van der Waals surface area contributed by atoms with Gasteiger partial charge in [-0.15, -0.1) is 0 Å². The van der Waals surface area contributed by atoms with E-state index in [0.29, 0.717) is 23.4 Å². The molecule has 406 valence electrons. The zero-order valence-electron chi connectivity index (χ0n) is 45.4. The first-order valence-electron chi connectivity index (χ1n) is 25.9. The third-order valence-electron chi connectivity index (χ3n) is 15.2. The van der Waals surface area contributed by atoms with Crippen LogP contribution in [0.4, 0.5) is 0 Å². The molecule has 0 amide bonds. The Morgan fingerprint density at radius 3 is 2.01 bits per heavy atom. The number of benzene rings is 2. The maximum absolute atomic E-state index is 15.0. The summed E-state index contributed by atoms with van der Waals surface area (Å²) in [6, 6.07) is 16.4. The van der Waals surface area contributed by atoms with Gasteiger partial charge in [-0.3, -0.25) is 4.79 Å². The van der Waals surface area contributed by atoms with Crippen LogP contribution in [0.25, 0.3) is 0 Å². The first-order valence-corrected chi connectivity index (χ1v) is 25.9. The Bertz CT molecular complexity index is 2180. The number of ether oxygens (including phenoxy) is 11. The lowest BCUT2D eigenvalue weighted by molar-refractivity contribution is -0.319. The Morgan fingerprint density at radius 2 is 1.42 bits per heavy atom. The van der Waals surface area contributed by atoms with Crippen molar-refractivity contribution in [3.8, 4) is 0 Å². The summed E-state index contributed by atoms with van der Waals surface area (Å²) in [6.07, 6.45) is -4.44. The number of cyclic esters (lactones) is 1. The molecule has 2 bridgehead atoms. The summed E-state index contributed by atoms with van der Waals surface area (Å²) < 4.78 is 72.6. The van der Waals surface area contributed by atoms with Gasteiger partial charge in [0.15, 0.2) is 30.7 Å². The third-order valence-corrected chi connectivity index (χ3v) is 15.2. The van der Waals surface area contributed by atoms with Gasteiger partial charge < -0.3 is 62.1 Å². The van der Waals surface area contributed by atoms with Gasteiger partial charge in [-0.1, -0.05) is 69.3 Å². The normalized spacial score (nSPS) is 39.5. The van der Waals surface area contributed by atoms with E-state index in [1.54, 1.807) is 83.5 Å². The van der Waals surface area contributed by atoms with Gasteiger partial charge in [-0.2, -0.15) is 0 Å². The maximum Gasteiger partial charge on any atom is 0.338 e. The number of nitrogens with zero attached hydrogens (tertiary/aromatic N) is 2. The van der Waals surface area contributed by atoms with Crippen molar-refractivity contribution >= 4 is 23.8 Å². The highest BCUT2D eigenvalue weighted by Gasteiger charge is 2.55. The molecular formula is C56H82N2O15. The quantitative estimate of drug-likeness (QED) is 0.133. The van der Waals surface area contributed by atoms with E-state index in [-0.39, 0.29) is 44.6 Å². The Balaban J connectivity index is 1.51. The predicted octanol–water partition coefficient (Wildman–Crippen LogP) is 7.36. The molecule has 17 heteroatoms. The minimum absolute atomic E-state index is 0.0782. The van der Waals surface area contributed by atoms with Gasteiger partial charge in [0, 0.05) is 25.4 Å². The van der Waals surface area contributed by atoms with Crippen LogP contribution in [0.5, 0.6) is 0 Å². The zero-order valence-corrected chi connectivity index (χ0v) is 45.4. The molecule has 18 atom stereocenters. The van der Waals surface area contributed by atoms with E-state index in [0.717, 1.165) is 0 Å².